The molecule has 0 fully saturated rings. The molecule has 2 aromatic rings. The summed E-state index contributed by atoms with van der Waals surface area (Å²) in [4.78, 5) is 25.0. The van der Waals surface area contributed by atoms with Crippen LogP contribution >= 0.6 is 0 Å². The van der Waals surface area contributed by atoms with Crippen molar-refractivity contribution in [2.24, 2.45) is 0 Å². The lowest BCUT2D eigenvalue weighted by molar-refractivity contribution is -0.144. The van der Waals surface area contributed by atoms with Crippen LogP contribution in [0.2, 0.25) is 0 Å². The van der Waals surface area contributed by atoms with Gasteiger partial charge in [0, 0.05) is 12.8 Å². The maximum Gasteiger partial charge on any atom is 0.330 e. The van der Waals surface area contributed by atoms with Gasteiger partial charge in [-0.3, -0.25) is 4.79 Å². The molecule has 24 heavy (non-hydrogen) atoms. The van der Waals surface area contributed by atoms with Gasteiger partial charge in [-0.05, 0) is 34.4 Å². The molecule has 0 radical (unpaired) electrons. The lowest BCUT2D eigenvalue weighted by Gasteiger charge is -2.26. The number of carboxylic acid groups (broad SMARTS) is 1. The highest BCUT2D eigenvalue weighted by Gasteiger charge is 2.45. The molecule has 2 aromatic carbocycles. The fraction of sp³-hybridized carbons (Fsp3) is 0.222. The SMILES string of the molecule is C[S+]([O-])c1ccccc1C(=O)NC1(C(=O)O)Cc2ccccc2C1. The lowest BCUT2D eigenvalue weighted by Crippen LogP contribution is -2.55. The molecule has 0 saturated carbocycles. The van der Waals surface area contributed by atoms with Crippen molar-refractivity contribution in [2.75, 3.05) is 6.26 Å². The number of carbonyl (C=O) groups is 2. The smallest absolute Gasteiger partial charge is 0.330 e. The predicted molar refractivity (Wildman–Crippen MR) is 90.5 cm³/mol. The second kappa shape index (κ2) is 6.30. The summed E-state index contributed by atoms with van der Waals surface area (Å²) in [6.07, 6.45) is 1.97. The molecule has 1 atom stereocenters. The third kappa shape index (κ3) is 2.90. The molecule has 0 bridgehead atoms. The Morgan fingerprint density at radius 3 is 2.17 bits per heavy atom. The average molecular weight is 343 g/mol. The second-order valence-corrected chi connectivity index (χ2v) is 7.26. The Morgan fingerprint density at radius 2 is 1.62 bits per heavy atom. The van der Waals surface area contributed by atoms with Gasteiger partial charge in [-0.1, -0.05) is 36.4 Å². The van der Waals surface area contributed by atoms with E-state index < -0.39 is 28.6 Å². The van der Waals surface area contributed by atoms with Crippen LogP contribution in [0.1, 0.15) is 21.5 Å². The maximum atomic E-state index is 12.7. The summed E-state index contributed by atoms with van der Waals surface area (Å²) >= 11 is -1.34. The molecule has 0 aromatic heterocycles. The van der Waals surface area contributed by atoms with Crippen LogP contribution in [0.15, 0.2) is 53.4 Å². The van der Waals surface area contributed by atoms with Gasteiger partial charge in [0.25, 0.3) is 5.91 Å². The molecule has 0 aliphatic heterocycles. The molecular formula is C18H17NO4S. The number of hydrogen-bond donors (Lipinski definition) is 2. The third-order valence-electron chi connectivity index (χ3n) is 4.31. The minimum atomic E-state index is -1.37. The van der Waals surface area contributed by atoms with E-state index in [1.807, 2.05) is 24.3 Å². The number of carboxylic acids is 1. The summed E-state index contributed by atoms with van der Waals surface area (Å²) in [7, 11) is 0. The molecule has 1 aliphatic carbocycles. The number of benzene rings is 2. The summed E-state index contributed by atoms with van der Waals surface area (Å²) < 4.78 is 11.8. The Kier molecular flexibility index (Phi) is 4.34. The van der Waals surface area contributed by atoms with Gasteiger partial charge >= 0.3 is 5.97 Å². The minimum absolute atomic E-state index is 0.238. The van der Waals surface area contributed by atoms with Gasteiger partial charge in [-0.25, -0.2) is 4.79 Å². The average Bonchev–Trinajstić information content (AvgIpc) is 2.94. The lowest BCUT2D eigenvalue weighted by atomic mass is 9.95. The van der Waals surface area contributed by atoms with Crippen LogP contribution in [0.5, 0.6) is 0 Å². The van der Waals surface area contributed by atoms with E-state index >= 15 is 0 Å². The first kappa shape index (κ1) is 16.5. The zero-order valence-electron chi connectivity index (χ0n) is 13.1. The molecule has 124 valence electrons. The monoisotopic (exact) mass is 343 g/mol. The molecule has 0 heterocycles. The van der Waals surface area contributed by atoms with E-state index in [0.29, 0.717) is 4.90 Å². The number of fused-ring (bicyclic) bond motifs is 1. The van der Waals surface area contributed by atoms with E-state index in [0.717, 1.165) is 11.1 Å². The van der Waals surface area contributed by atoms with Gasteiger partial charge in [-0.15, -0.1) is 0 Å². The predicted octanol–water partition coefficient (Wildman–Crippen LogP) is 1.78. The Balaban J connectivity index is 1.92. The zero-order chi connectivity index (χ0) is 17.3. The molecule has 6 heteroatoms. The molecule has 0 spiro atoms. The number of carbonyl (C=O) groups excluding carboxylic acids is 1. The van der Waals surface area contributed by atoms with Crippen molar-refractivity contribution in [1.29, 1.82) is 0 Å². The zero-order valence-corrected chi connectivity index (χ0v) is 13.9. The molecular weight excluding hydrogens is 326 g/mol. The highest BCUT2D eigenvalue weighted by atomic mass is 32.2. The van der Waals surface area contributed by atoms with Gasteiger partial charge in [0.1, 0.15) is 11.8 Å². The number of rotatable bonds is 4. The maximum absolute atomic E-state index is 12.7. The van der Waals surface area contributed by atoms with Crippen LogP contribution in [0.25, 0.3) is 0 Å². The first-order chi connectivity index (χ1) is 11.4. The molecule has 2 N–H and O–H groups in total. The van der Waals surface area contributed by atoms with Crippen LogP contribution < -0.4 is 5.32 Å². The molecule has 1 amide bonds. The van der Waals surface area contributed by atoms with Gasteiger partial charge in [0.2, 0.25) is 0 Å². The van der Waals surface area contributed by atoms with E-state index in [1.165, 1.54) is 6.26 Å². The largest absolute Gasteiger partial charge is 0.612 e. The topological polar surface area (TPSA) is 89.5 Å². The van der Waals surface area contributed by atoms with Crippen molar-refractivity contribution in [1.82, 2.24) is 5.32 Å². The van der Waals surface area contributed by atoms with Crippen LogP contribution in [0.3, 0.4) is 0 Å². The standard InChI is InChI=1S/C18H17NO4S/c1-24(23)15-9-5-4-8-14(15)16(20)19-18(17(21)22)10-12-6-2-3-7-13(12)11-18/h2-9H,10-11H2,1H3,(H,19,20)(H,21,22). The fourth-order valence-electron chi connectivity index (χ4n) is 3.10. The fourth-order valence-corrected chi connectivity index (χ4v) is 3.84. The summed E-state index contributed by atoms with van der Waals surface area (Å²) in [5.74, 6) is -1.59. The number of amides is 1. The number of nitrogens with one attached hydrogen (secondary N) is 1. The molecule has 5 nitrogen and oxygen atoms in total. The summed E-state index contributed by atoms with van der Waals surface area (Å²) in [6.45, 7) is 0. The van der Waals surface area contributed by atoms with Crippen molar-refractivity contribution in [3.8, 4) is 0 Å². The molecule has 1 aliphatic rings. The first-order valence-corrected chi connectivity index (χ1v) is 9.04. The second-order valence-electron chi connectivity index (χ2n) is 5.91. The summed E-state index contributed by atoms with van der Waals surface area (Å²) in [5.41, 5.74) is 0.721. The van der Waals surface area contributed by atoms with Gasteiger partial charge in [0.15, 0.2) is 4.90 Å². The van der Waals surface area contributed by atoms with Crippen molar-refractivity contribution in [3.05, 3.63) is 65.2 Å². The Labute approximate surface area is 142 Å². The Hall–Kier alpha value is -2.31. The van der Waals surface area contributed by atoms with Crippen molar-refractivity contribution >= 4 is 23.1 Å². The van der Waals surface area contributed by atoms with E-state index in [2.05, 4.69) is 5.32 Å². The van der Waals surface area contributed by atoms with Crippen molar-refractivity contribution in [2.45, 2.75) is 23.3 Å². The normalized spacial score (nSPS) is 16.2. The minimum Gasteiger partial charge on any atom is -0.612 e. The molecule has 3 rings (SSSR count). The van der Waals surface area contributed by atoms with E-state index in [9.17, 15) is 19.2 Å². The number of hydrogen-bond acceptors (Lipinski definition) is 3. The summed E-state index contributed by atoms with van der Waals surface area (Å²) in [5, 5.41) is 12.4. The van der Waals surface area contributed by atoms with Gasteiger partial charge < -0.3 is 15.0 Å². The van der Waals surface area contributed by atoms with Crippen LogP contribution in [0.4, 0.5) is 0 Å². The van der Waals surface area contributed by atoms with Crippen molar-refractivity contribution < 1.29 is 19.2 Å². The van der Waals surface area contributed by atoms with Gasteiger partial charge in [0.05, 0.1) is 5.56 Å². The highest BCUT2D eigenvalue weighted by molar-refractivity contribution is 7.90. The first-order valence-electron chi connectivity index (χ1n) is 7.48. The highest BCUT2D eigenvalue weighted by Crippen LogP contribution is 2.31. The van der Waals surface area contributed by atoms with E-state index in [-0.39, 0.29) is 18.4 Å². The molecule has 1 unspecified atom stereocenters. The third-order valence-corrected chi connectivity index (χ3v) is 5.28. The Bertz CT molecular complexity index is 778. The van der Waals surface area contributed by atoms with E-state index in [1.54, 1.807) is 24.3 Å². The van der Waals surface area contributed by atoms with Crippen LogP contribution in [-0.2, 0) is 28.8 Å². The van der Waals surface area contributed by atoms with Crippen LogP contribution in [-0.4, -0.2) is 33.3 Å². The van der Waals surface area contributed by atoms with E-state index in [4.69, 9.17) is 0 Å². The number of aliphatic carboxylic acids is 1. The molecule has 0 saturated heterocycles. The quantitative estimate of drug-likeness (QED) is 0.828. The van der Waals surface area contributed by atoms with Crippen molar-refractivity contribution in [3.63, 3.8) is 0 Å². The van der Waals surface area contributed by atoms with Crippen LogP contribution in [0, 0.1) is 0 Å². The Morgan fingerprint density at radius 1 is 1.08 bits per heavy atom. The summed E-state index contributed by atoms with van der Waals surface area (Å²) in [6, 6.07) is 14.0. The van der Waals surface area contributed by atoms with Gasteiger partial charge in [-0.2, -0.15) is 0 Å².